The van der Waals surface area contributed by atoms with Crippen LogP contribution in [0.1, 0.15) is 24.4 Å². The molecule has 0 aromatic heterocycles. The molecule has 5 nitrogen and oxygen atoms in total. The number of rotatable bonds is 3. The van der Waals surface area contributed by atoms with Crippen LogP contribution in [0.3, 0.4) is 0 Å². The molecule has 1 aromatic carbocycles. The summed E-state index contributed by atoms with van der Waals surface area (Å²) in [6.07, 6.45) is 2.15. The lowest BCUT2D eigenvalue weighted by Gasteiger charge is -2.11. The lowest BCUT2D eigenvalue weighted by Crippen LogP contribution is -2.13. The van der Waals surface area contributed by atoms with Crippen molar-refractivity contribution in [1.82, 2.24) is 5.32 Å². The Labute approximate surface area is 93.6 Å². The molecule has 2 rings (SSSR count). The molecule has 86 valence electrons. The Morgan fingerprint density at radius 3 is 2.94 bits per heavy atom. The van der Waals surface area contributed by atoms with Crippen molar-refractivity contribution >= 4 is 5.69 Å². The molecule has 1 aliphatic rings. The van der Waals surface area contributed by atoms with Crippen molar-refractivity contribution in [2.24, 2.45) is 0 Å². The van der Waals surface area contributed by atoms with Gasteiger partial charge in [-0.2, -0.15) is 0 Å². The molecular formula is C11H14N2O3. The van der Waals surface area contributed by atoms with Crippen LogP contribution < -0.4 is 10.1 Å². The van der Waals surface area contributed by atoms with Crippen LogP contribution in [0.2, 0.25) is 0 Å². The fourth-order valence-corrected chi connectivity index (χ4v) is 2.04. The summed E-state index contributed by atoms with van der Waals surface area (Å²) >= 11 is 0. The number of ether oxygens (including phenoxy) is 1. The molecule has 1 fully saturated rings. The van der Waals surface area contributed by atoms with E-state index in [-0.39, 0.29) is 11.7 Å². The van der Waals surface area contributed by atoms with Crippen LogP contribution in [-0.4, -0.2) is 18.6 Å². The summed E-state index contributed by atoms with van der Waals surface area (Å²) in [4.78, 5) is 10.4. The summed E-state index contributed by atoms with van der Waals surface area (Å²) in [5, 5.41) is 14.2. The summed E-state index contributed by atoms with van der Waals surface area (Å²) < 4.78 is 4.96. The smallest absolute Gasteiger partial charge is 0.311 e. The Balaban J connectivity index is 2.34. The number of benzene rings is 1. The van der Waals surface area contributed by atoms with Gasteiger partial charge in [-0.1, -0.05) is 6.07 Å². The molecule has 0 saturated carbocycles. The third kappa shape index (κ3) is 1.99. The maximum atomic E-state index is 10.9. The number of nitrogens with zero attached hydrogens (tertiary/aromatic N) is 1. The molecule has 1 atom stereocenters. The standard InChI is InChI=1S/C11H14N2O3/c1-16-11-5-4-8(7-10(11)13(14)15)9-3-2-6-12-9/h4-5,7,9,12H,2-3,6H2,1H3/t9-/m1/s1. The van der Waals surface area contributed by atoms with Gasteiger partial charge >= 0.3 is 5.69 Å². The maximum Gasteiger partial charge on any atom is 0.311 e. The molecule has 0 unspecified atom stereocenters. The van der Waals surface area contributed by atoms with E-state index in [1.165, 1.54) is 7.11 Å². The first-order valence-corrected chi connectivity index (χ1v) is 5.28. The lowest BCUT2D eigenvalue weighted by atomic mass is 10.0. The van der Waals surface area contributed by atoms with Gasteiger partial charge in [-0.05, 0) is 31.0 Å². The first-order valence-electron chi connectivity index (χ1n) is 5.28. The molecule has 16 heavy (non-hydrogen) atoms. The Morgan fingerprint density at radius 1 is 1.56 bits per heavy atom. The molecule has 1 aromatic rings. The number of nitro groups is 1. The van der Waals surface area contributed by atoms with Crippen molar-refractivity contribution in [2.75, 3.05) is 13.7 Å². The zero-order valence-corrected chi connectivity index (χ0v) is 9.10. The predicted molar refractivity (Wildman–Crippen MR) is 59.6 cm³/mol. The molecule has 1 N–H and O–H groups in total. The highest BCUT2D eigenvalue weighted by atomic mass is 16.6. The Kier molecular flexibility index (Phi) is 3.05. The summed E-state index contributed by atoms with van der Waals surface area (Å²) in [7, 11) is 1.44. The van der Waals surface area contributed by atoms with Crippen LogP contribution in [0.25, 0.3) is 0 Å². The van der Waals surface area contributed by atoms with Gasteiger partial charge < -0.3 is 10.1 Å². The van der Waals surface area contributed by atoms with E-state index in [9.17, 15) is 10.1 Å². The Bertz CT molecular complexity index is 400. The molecule has 0 radical (unpaired) electrons. The number of methoxy groups -OCH3 is 1. The summed E-state index contributed by atoms with van der Waals surface area (Å²) in [6, 6.07) is 5.38. The van der Waals surface area contributed by atoms with Gasteiger partial charge in [0.1, 0.15) is 0 Å². The van der Waals surface area contributed by atoms with Crippen molar-refractivity contribution in [2.45, 2.75) is 18.9 Å². The van der Waals surface area contributed by atoms with Crippen molar-refractivity contribution < 1.29 is 9.66 Å². The highest BCUT2D eigenvalue weighted by Gasteiger charge is 2.21. The molecule has 1 saturated heterocycles. The minimum Gasteiger partial charge on any atom is -0.490 e. The number of hydrogen-bond donors (Lipinski definition) is 1. The summed E-state index contributed by atoms with van der Waals surface area (Å²) in [6.45, 7) is 0.977. The number of nitrogens with one attached hydrogen (secondary N) is 1. The largest absolute Gasteiger partial charge is 0.490 e. The van der Waals surface area contributed by atoms with Gasteiger partial charge in [0.2, 0.25) is 0 Å². The molecule has 1 heterocycles. The quantitative estimate of drug-likeness (QED) is 0.627. The molecule has 0 amide bonds. The molecule has 0 spiro atoms. The fourth-order valence-electron chi connectivity index (χ4n) is 2.04. The molecule has 0 aliphatic carbocycles. The molecule has 0 bridgehead atoms. The molecular weight excluding hydrogens is 208 g/mol. The fraction of sp³-hybridized carbons (Fsp3) is 0.455. The average molecular weight is 222 g/mol. The van der Waals surface area contributed by atoms with Gasteiger partial charge in [0.05, 0.1) is 12.0 Å². The van der Waals surface area contributed by atoms with Crippen molar-refractivity contribution in [3.63, 3.8) is 0 Å². The van der Waals surface area contributed by atoms with E-state index in [2.05, 4.69) is 5.32 Å². The second-order valence-corrected chi connectivity index (χ2v) is 3.84. The van der Waals surface area contributed by atoms with Crippen molar-refractivity contribution in [1.29, 1.82) is 0 Å². The number of nitro benzene ring substituents is 1. The van der Waals surface area contributed by atoms with Crippen LogP contribution >= 0.6 is 0 Å². The predicted octanol–water partition coefficient (Wildman–Crippen LogP) is 2.03. The molecule has 1 aliphatic heterocycles. The van der Waals surface area contributed by atoms with Crippen LogP contribution in [0.4, 0.5) is 5.69 Å². The first-order chi connectivity index (χ1) is 7.72. The topological polar surface area (TPSA) is 64.4 Å². The van der Waals surface area contributed by atoms with E-state index in [1.54, 1.807) is 12.1 Å². The van der Waals surface area contributed by atoms with Gasteiger partial charge in [-0.25, -0.2) is 0 Å². The maximum absolute atomic E-state index is 10.9. The van der Waals surface area contributed by atoms with E-state index in [0.717, 1.165) is 24.9 Å². The van der Waals surface area contributed by atoms with Gasteiger partial charge in [-0.3, -0.25) is 10.1 Å². The summed E-state index contributed by atoms with van der Waals surface area (Å²) in [5.41, 5.74) is 0.999. The highest BCUT2D eigenvalue weighted by Crippen LogP contribution is 2.32. The SMILES string of the molecule is COc1ccc([C@H]2CCCN2)cc1[N+](=O)[O-]. The summed E-state index contributed by atoms with van der Waals surface area (Å²) in [5.74, 6) is 0.312. The second kappa shape index (κ2) is 4.49. The van der Waals surface area contributed by atoms with Crippen LogP contribution in [-0.2, 0) is 0 Å². The van der Waals surface area contributed by atoms with E-state index < -0.39 is 4.92 Å². The third-order valence-corrected chi connectivity index (χ3v) is 2.86. The highest BCUT2D eigenvalue weighted by molar-refractivity contribution is 5.49. The first kappa shape index (κ1) is 10.9. The van der Waals surface area contributed by atoms with Crippen LogP contribution in [0, 0.1) is 10.1 Å². The van der Waals surface area contributed by atoms with E-state index >= 15 is 0 Å². The van der Waals surface area contributed by atoms with Gasteiger partial charge in [0.25, 0.3) is 0 Å². The van der Waals surface area contributed by atoms with Crippen LogP contribution in [0.15, 0.2) is 18.2 Å². The van der Waals surface area contributed by atoms with Gasteiger partial charge in [0.15, 0.2) is 5.75 Å². The lowest BCUT2D eigenvalue weighted by molar-refractivity contribution is -0.385. The van der Waals surface area contributed by atoms with E-state index in [1.807, 2.05) is 6.07 Å². The third-order valence-electron chi connectivity index (χ3n) is 2.86. The van der Waals surface area contributed by atoms with E-state index in [4.69, 9.17) is 4.74 Å². The minimum atomic E-state index is -0.405. The van der Waals surface area contributed by atoms with Crippen LogP contribution in [0.5, 0.6) is 5.75 Å². The number of hydrogen-bond acceptors (Lipinski definition) is 4. The average Bonchev–Trinajstić information content (AvgIpc) is 2.81. The zero-order valence-electron chi connectivity index (χ0n) is 9.10. The van der Waals surface area contributed by atoms with Gasteiger partial charge in [0, 0.05) is 12.1 Å². The minimum absolute atomic E-state index is 0.0358. The Hall–Kier alpha value is -1.62. The van der Waals surface area contributed by atoms with E-state index in [0.29, 0.717) is 5.75 Å². The zero-order chi connectivity index (χ0) is 11.5. The van der Waals surface area contributed by atoms with Gasteiger partial charge in [-0.15, -0.1) is 0 Å². The second-order valence-electron chi connectivity index (χ2n) is 3.84. The van der Waals surface area contributed by atoms with Crippen molar-refractivity contribution in [3.05, 3.63) is 33.9 Å². The molecule has 5 heteroatoms. The monoisotopic (exact) mass is 222 g/mol. The normalized spacial score (nSPS) is 19.7. The Morgan fingerprint density at radius 2 is 2.38 bits per heavy atom. The van der Waals surface area contributed by atoms with Crippen molar-refractivity contribution in [3.8, 4) is 5.75 Å².